The van der Waals surface area contributed by atoms with E-state index in [1.54, 1.807) is 0 Å². The summed E-state index contributed by atoms with van der Waals surface area (Å²) >= 11 is 0. The molecule has 1 aromatic rings. The van der Waals surface area contributed by atoms with Gasteiger partial charge in [0.2, 0.25) is 5.91 Å². The third-order valence-electron chi connectivity index (χ3n) is 2.74. The number of rotatable bonds is 6. The summed E-state index contributed by atoms with van der Waals surface area (Å²) < 4.78 is 0. The predicted octanol–water partition coefficient (Wildman–Crippen LogP) is 2.51. The second kappa shape index (κ2) is 7.29. The highest BCUT2D eigenvalue weighted by molar-refractivity contribution is 5.76. The van der Waals surface area contributed by atoms with Gasteiger partial charge >= 0.3 is 0 Å². The van der Waals surface area contributed by atoms with Crippen LogP contribution < -0.4 is 10.6 Å². The van der Waals surface area contributed by atoms with Crippen molar-refractivity contribution in [2.75, 3.05) is 6.54 Å². The first kappa shape index (κ1) is 15.7. The summed E-state index contributed by atoms with van der Waals surface area (Å²) in [5, 5.41) is 6.35. The highest BCUT2D eigenvalue weighted by atomic mass is 16.1. The molecule has 0 aromatic heterocycles. The maximum atomic E-state index is 11.6. The van der Waals surface area contributed by atoms with Crippen molar-refractivity contribution < 1.29 is 4.79 Å². The minimum Gasteiger partial charge on any atom is -0.351 e. The predicted molar refractivity (Wildman–Crippen MR) is 80.1 cm³/mol. The van der Waals surface area contributed by atoms with Gasteiger partial charge in [-0.3, -0.25) is 4.79 Å². The largest absolute Gasteiger partial charge is 0.351 e. The van der Waals surface area contributed by atoms with Crippen molar-refractivity contribution in [3.63, 3.8) is 0 Å². The van der Waals surface area contributed by atoms with Crippen molar-refractivity contribution in [3.8, 4) is 0 Å². The maximum absolute atomic E-state index is 11.6. The highest BCUT2D eigenvalue weighted by Gasteiger charge is 2.13. The highest BCUT2D eigenvalue weighted by Crippen LogP contribution is 2.03. The van der Waals surface area contributed by atoms with Crippen LogP contribution in [0.4, 0.5) is 0 Å². The van der Waals surface area contributed by atoms with Crippen LogP contribution in [0.1, 0.15) is 39.7 Å². The first-order chi connectivity index (χ1) is 8.87. The molecule has 0 spiro atoms. The smallest absolute Gasteiger partial charge is 0.221 e. The van der Waals surface area contributed by atoms with E-state index in [9.17, 15) is 4.79 Å². The molecule has 0 aliphatic rings. The molecule has 0 heterocycles. The molecule has 19 heavy (non-hydrogen) atoms. The van der Waals surface area contributed by atoms with Gasteiger partial charge in [-0.15, -0.1) is 0 Å². The first-order valence-electron chi connectivity index (χ1n) is 6.95. The van der Waals surface area contributed by atoms with E-state index in [-0.39, 0.29) is 11.4 Å². The third kappa shape index (κ3) is 7.62. The molecular weight excluding hydrogens is 236 g/mol. The Balaban J connectivity index is 2.21. The number of nitrogens with one attached hydrogen (secondary N) is 2. The van der Waals surface area contributed by atoms with Crippen LogP contribution in [0.2, 0.25) is 0 Å². The number of benzene rings is 1. The van der Waals surface area contributed by atoms with E-state index < -0.39 is 0 Å². The van der Waals surface area contributed by atoms with Gasteiger partial charge < -0.3 is 10.6 Å². The summed E-state index contributed by atoms with van der Waals surface area (Å²) in [6.07, 6.45) is 1.51. The minimum atomic E-state index is -0.146. The molecule has 0 aliphatic carbocycles. The van der Waals surface area contributed by atoms with Crippen LogP contribution in [-0.4, -0.2) is 24.0 Å². The standard InChI is InChI=1S/C16H26N2O/c1-13(12-14-8-6-5-7-9-14)17-11-10-15(19)18-16(2,3)4/h5-9,13,17H,10-12H2,1-4H3,(H,18,19). The molecule has 0 fully saturated rings. The Bertz CT molecular complexity index is 381. The lowest BCUT2D eigenvalue weighted by Gasteiger charge is -2.21. The Kier molecular flexibility index (Phi) is 6.03. The quantitative estimate of drug-likeness (QED) is 0.827. The summed E-state index contributed by atoms with van der Waals surface area (Å²) in [5.74, 6) is 0.104. The van der Waals surface area contributed by atoms with E-state index in [0.717, 1.165) is 13.0 Å². The van der Waals surface area contributed by atoms with Crippen LogP contribution in [-0.2, 0) is 11.2 Å². The molecule has 1 rings (SSSR count). The average molecular weight is 262 g/mol. The Morgan fingerprint density at radius 3 is 2.42 bits per heavy atom. The molecule has 106 valence electrons. The van der Waals surface area contributed by atoms with Crippen molar-refractivity contribution in [3.05, 3.63) is 35.9 Å². The fourth-order valence-corrected chi connectivity index (χ4v) is 1.95. The van der Waals surface area contributed by atoms with Crippen LogP contribution in [0.5, 0.6) is 0 Å². The van der Waals surface area contributed by atoms with Crippen molar-refractivity contribution in [1.82, 2.24) is 10.6 Å². The van der Waals surface area contributed by atoms with Gasteiger partial charge in [0, 0.05) is 24.5 Å². The molecule has 0 bridgehead atoms. The molecular formula is C16H26N2O. The Labute approximate surface area is 116 Å². The van der Waals surface area contributed by atoms with E-state index in [2.05, 4.69) is 41.8 Å². The average Bonchev–Trinajstić information content (AvgIpc) is 2.27. The summed E-state index contributed by atoms with van der Waals surface area (Å²) in [7, 11) is 0. The number of carbonyl (C=O) groups is 1. The second-order valence-electron chi connectivity index (χ2n) is 6.09. The van der Waals surface area contributed by atoms with Gasteiger partial charge in [-0.1, -0.05) is 30.3 Å². The van der Waals surface area contributed by atoms with Gasteiger partial charge in [0.05, 0.1) is 0 Å². The van der Waals surface area contributed by atoms with Crippen molar-refractivity contribution >= 4 is 5.91 Å². The first-order valence-corrected chi connectivity index (χ1v) is 6.95. The van der Waals surface area contributed by atoms with Crippen LogP contribution in [0.25, 0.3) is 0 Å². The minimum absolute atomic E-state index is 0.104. The van der Waals surface area contributed by atoms with Crippen LogP contribution in [0.3, 0.4) is 0 Å². The molecule has 1 aromatic carbocycles. The van der Waals surface area contributed by atoms with Crippen LogP contribution in [0, 0.1) is 0 Å². The fraction of sp³-hybridized carbons (Fsp3) is 0.562. The Morgan fingerprint density at radius 1 is 1.21 bits per heavy atom. The van der Waals surface area contributed by atoms with Crippen molar-refractivity contribution in [2.24, 2.45) is 0 Å². The van der Waals surface area contributed by atoms with E-state index in [1.165, 1.54) is 5.56 Å². The van der Waals surface area contributed by atoms with E-state index in [1.807, 2.05) is 26.8 Å². The fourth-order valence-electron chi connectivity index (χ4n) is 1.95. The van der Waals surface area contributed by atoms with E-state index >= 15 is 0 Å². The Morgan fingerprint density at radius 2 is 1.84 bits per heavy atom. The molecule has 1 atom stereocenters. The van der Waals surface area contributed by atoms with Gasteiger partial charge in [-0.05, 0) is 39.7 Å². The molecule has 1 amide bonds. The number of carbonyl (C=O) groups excluding carboxylic acids is 1. The zero-order chi connectivity index (χ0) is 14.3. The van der Waals surface area contributed by atoms with Crippen molar-refractivity contribution in [2.45, 2.75) is 52.1 Å². The lowest BCUT2D eigenvalue weighted by Crippen LogP contribution is -2.42. The zero-order valence-electron chi connectivity index (χ0n) is 12.5. The summed E-state index contributed by atoms with van der Waals surface area (Å²) in [4.78, 5) is 11.6. The summed E-state index contributed by atoms with van der Waals surface area (Å²) in [6, 6.07) is 10.8. The van der Waals surface area contributed by atoms with E-state index in [0.29, 0.717) is 12.5 Å². The van der Waals surface area contributed by atoms with Crippen LogP contribution in [0.15, 0.2) is 30.3 Å². The lowest BCUT2D eigenvalue weighted by atomic mass is 10.1. The third-order valence-corrected chi connectivity index (χ3v) is 2.74. The zero-order valence-corrected chi connectivity index (χ0v) is 12.5. The molecule has 0 saturated heterocycles. The lowest BCUT2D eigenvalue weighted by molar-refractivity contribution is -0.122. The van der Waals surface area contributed by atoms with Gasteiger partial charge in [0.25, 0.3) is 0 Å². The number of amides is 1. The molecule has 0 aliphatic heterocycles. The van der Waals surface area contributed by atoms with Crippen LogP contribution >= 0.6 is 0 Å². The molecule has 3 heteroatoms. The van der Waals surface area contributed by atoms with Crippen molar-refractivity contribution in [1.29, 1.82) is 0 Å². The molecule has 2 N–H and O–H groups in total. The topological polar surface area (TPSA) is 41.1 Å². The monoisotopic (exact) mass is 262 g/mol. The molecule has 0 saturated carbocycles. The number of hydrogen-bond acceptors (Lipinski definition) is 2. The maximum Gasteiger partial charge on any atom is 0.221 e. The molecule has 1 unspecified atom stereocenters. The SMILES string of the molecule is CC(Cc1ccccc1)NCCC(=O)NC(C)(C)C. The van der Waals surface area contributed by atoms with E-state index in [4.69, 9.17) is 0 Å². The molecule has 0 radical (unpaired) electrons. The summed E-state index contributed by atoms with van der Waals surface area (Å²) in [6.45, 7) is 8.85. The van der Waals surface area contributed by atoms with Gasteiger partial charge in [0.15, 0.2) is 0 Å². The van der Waals surface area contributed by atoms with Gasteiger partial charge in [-0.2, -0.15) is 0 Å². The Hall–Kier alpha value is -1.35. The second-order valence-corrected chi connectivity index (χ2v) is 6.09. The van der Waals surface area contributed by atoms with Gasteiger partial charge in [0.1, 0.15) is 0 Å². The van der Waals surface area contributed by atoms with Gasteiger partial charge in [-0.25, -0.2) is 0 Å². The molecule has 3 nitrogen and oxygen atoms in total. The normalized spacial score (nSPS) is 13.1. The number of hydrogen-bond donors (Lipinski definition) is 2. The summed E-state index contributed by atoms with van der Waals surface area (Å²) in [5.41, 5.74) is 1.17.